The molecule has 0 bridgehead atoms. The van der Waals surface area contributed by atoms with E-state index in [1.54, 1.807) is 0 Å². The Kier molecular flexibility index (Phi) is 31.5. The molecule has 1 heterocycles. The number of carbonyl (C=O) groups is 2. The maximum Gasteiger partial charge on any atom is 0.469 e. The van der Waals surface area contributed by atoms with E-state index in [1.807, 2.05) is 0 Å². The van der Waals surface area contributed by atoms with Crippen molar-refractivity contribution in [3.63, 3.8) is 0 Å². The first kappa shape index (κ1) is 48.7. The fraction of sp³-hybridized carbons (Fsp3) is 0.721. The summed E-state index contributed by atoms with van der Waals surface area (Å²) >= 11 is 0. The number of allylic oxidation sites excluding steroid dienone is 9. The number of ether oxygens (including phenoxy) is 3. The number of phosphoric ester groups is 1. The molecular formula is C43H73O9P. The van der Waals surface area contributed by atoms with Crippen LogP contribution in [-0.4, -0.2) is 53.3 Å². The second-order valence-corrected chi connectivity index (χ2v) is 15.2. The zero-order valence-corrected chi connectivity index (χ0v) is 34.0. The Balaban J connectivity index is 2.13. The van der Waals surface area contributed by atoms with Crippen molar-refractivity contribution in [2.45, 2.75) is 186 Å². The Labute approximate surface area is 322 Å². The highest BCUT2D eigenvalue weighted by atomic mass is 31.2. The molecule has 1 saturated heterocycles. The highest BCUT2D eigenvalue weighted by Crippen LogP contribution is 2.36. The Morgan fingerprint density at radius 2 is 1.09 bits per heavy atom. The van der Waals surface area contributed by atoms with Gasteiger partial charge in [0.05, 0.1) is 18.8 Å². The average Bonchev–Trinajstić information content (AvgIpc) is 3.88. The average molecular weight is 765 g/mol. The van der Waals surface area contributed by atoms with Crippen LogP contribution < -0.4 is 0 Å². The van der Waals surface area contributed by atoms with Crippen molar-refractivity contribution in [2.75, 3.05) is 13.2 Å². The Hall–Kier alpha value is -2.29. The van der Waals surface area contributed by atoms with E-state index < -0.39 is 32.5 Å². The maximum absolute atomic E-state index is 12.4. The molecule has 53 heavy (non-hydrogen) atoms. The van der Waals surface area contributed by atoms with Crippen LogP contribution in [0.2, 0.25) is 0 Å². The number of hydrogen-bond acceptors (Lipinski definition) is 7. The number of rotatable bonds is 36. The second-order valence-electron chi connectivity index (χ2n) is 14.0. The molecule has 3 atom stereocenters. The van der Waals surface area contributed by atoms with Gasteiger partial charge in [0.2, 0.25) is 0 Å². The molecule has 0 radical (unpaired) electrons. The molecule has 1 aliphatic rings. The van der Waals surface area contributed by atoms with Crippen LogP contribution in [0.25, 0.3) is 0 Å². The Morgan fingerprint density at radius 3 is 1.66 bits per heavy atom. The molecule has 304 valence electrons. The zero-order valence-electron chi connectivity index (χ0n) is 33.1. The lowest BCUT2D eigenvalue weighted by atomic mass is 10.1. The van der Waals surface area contributed by atoms with Gasteiger partial charge in [-0.1, -0.05) is 132 Å². The molecule has 0 aromatic heterocycles. The largest absolute Gasteiger partial charge is 0.469 e. The first-order valence-corrected chi connectivity index (χ1v) is 22.2. The predicted molar refractivity (Wildman–Crippen MR) is 215 cm³/mol. The van der Waals surface area contributed by atoms with Crippen LogP contribution in [0.1, 0.15) is 168 Å². The number of unbranched alkanes of at least 4 members (excludes halogenated alkanes) is 13. The summed E-state index contributed by atoms with van der Waals surface area (Å²) in [6, 6.07) is 0. The van der Waals surface area contributed by atoms with Gasteiger partial charge in [0, 0.05) is 12.8 Å². The van der Waals surface area contributed by atoms with Gasteiger partial charge in [-0.15, -0.1) is 0 Å². The minimum absolute atomic E-state index is 0.135. The lowest BCUT2D eigenvalue weighted by Crippen LogP contribution is -2.29. The summed E-state index contributed by atoms with van der Waals surface area (Å²) in [4.78, 5) is 43.0. The summed E-state index contributed by atoms with van der Waals surface area (Å²) in [6.45, 7) is 3.55. The van der Waals surface area contributed by atoms with Crippen LogP contribution in [0, 0.1) is 0 Å². The number of phosphoric acid groups is 1. The molecule has 0 aliphatic carbocycles. The summed E-state index contributed by atoms with van der Waals surface area (Å²) < 4.78 is 32.1. The van der Waals surface area contributed by atoms with E-state index in [9.17, 15) is 14.2 Å². The van der Waals surface area contributed by atoms with E-state index in [-0.39, 0.29) is 31.7 Å². The molecule has 0 aromatic carbocycles. The van der Waals surface area contributed by atoms with Gasteiger partial charge in [-0.05, 0) is 83.5 Å². The smallest absolute Gasteiger partial charge is 0.462 e. The van der Waals surface area contributed by atoms with E-state index in [0.717, 1.165) is 64.2 Å². The van der Waals surface area contributed by atoms with Crippen molar-refractivity contribution >= 4 is 19.8 Å². The van der Waals surface area contributed by atoms with Gasteiger partial charge in [0.1, 0.15) is 6.61 Å². The van der Waals surface area contributed by atoms with Gasteiger partial charge in [-0.25, -0.2) is 4.57 Å². The van der Waals surface area contributed by atoms with Crippen LogP contribution in [0.15, 0.2) is 60.8 Å². The normalized spacial score (nSPS) is 16.9. The summed E-state index contributed by atoms with van der Waals surface area (Å²) in [7, 11) is -4.78. The highest BCUT2D eigenvalue weighted by Gasteiger charge is 2.36. The summed E-state index contributed by atoms with van der Waals surface area (Å²) in [5, 5.41) is 0. The molecular weight excluding hydrogens is 691 g/mol. The third-order valence-electron chi connectivity index (χ3n) is 8.93. The highest BCUT2D eigenvalue weighted by molar-refractivity contribution is 7.46. The molecule has 2 N–H and O–H groups in total. The molecule has 2 unspecified atom stereocenters. The number of hydrogen-bond donors (Lipinski definition) is 2. The van der Waals surface area contributed by atoms with Gasteiger partial charge in [0.15, 0.2) is 6.10 Å². The number of carbonyl (C=O) groups excluding carboxylic acids is 2. The topological polar surface area (TPSA) is 132 Å². The summed E-state index contributed by atoms with van der Waals surface area (Å²) in [6.07, 6.45) is 45.3. The molecule has 9 nitrogen and oxygen atoms in total. The molecule has 1 rings (SSSR count). The van der Waals surface area contributed by atoms with Crippen molar-refractivity contribution < 1.29 is 42.7 Å². The van der Waals surface area contributed by atoms with Crippen LogP contribution in [0.5, 0.6) is 0 Å². The van der Waals surface area contributed by atoms with Crippen molar-refractivity contribution in [3.8, 4) is 0 Å². The van der Waals surface area contributed by atoms with Crippen molar-refractivity contribution in [1.29, 1.82) is 0 Å². The van der Waals surface area contributed by atoms with Crippen molar-refractivity contribution in [3.05, 3.63) is 60.8 Å². The lowest BCUT2D eigenvalue weighted by molar-refractivity contribution is -0.161. The molecule has 0 amide bonds. The third-order valence-corrected chi connectivity index (χ3v) is 9.42. The van der Waals surface area contributed by atoms with Crippen LogP contribution in [0.3, 0.4) is 0 Å². The van der Waals surface area contributed by atoms with Crippen LogP contribution in [0.4, 0.5) is 0 Å². The van der Waals surface area contributed by atoms with Gasteiger partial charge in [-0.3, -0.25) is 14.1 Å². The minimum Gasteiger partial charge on any atom is -0.462 e. The fourth-order valence-corrected chi connectivity index (χ4v) is 6.08. The quantitative estimate of drug-likeness (QED) is 0.0210. The SMILES string of the molecule is CCCCC/C=C\C/C=C\C/C=C\CC1OC1CCCC(=O)OC[C@H](COP(=O)(O)O)OC(=O)CCCCCCCCC/C=C\C/C=C\CCCCC. The van der Waals surface area contributed by atoms with E-state index >= 15 is 0 Å². The van der Waals surface area contributed by atoms with Gasteiger partial charge in [-0.2, -0.15) is 0 Å². The maximum atomic E-state index is 12.4. The van der Waals surface area contributed by atoms with Crippen molar-refractivity contribution in [2.24, 2.45) is 0 Å². The Morgan fingerprint density at radius 1 is 0.604 bits per heavy atom. The monoisotopic (exact) mass is 764 g/mol. The molecule has 1 aliphatic heterocycles. The first-order chi connectivity index (χ1) is 25.7. The molecule has 0 saturated carbocycles. The minimum atomic E-state index is -4.78. The molecule has 10 heteroatoms. The molecule has 0 aromatic rings. The van der Waals surface area contributed by atoms with Gasteiger partial charge < -0.3 is 24.0 Å². The van der Waals surface area contributed by atoms with E-state index in [0.29, 0.717) is 12.8 Å². The van der Waals surface area contributed by atoms with E-state index in [4.69, 9.17) is 24.0 Å². The second kappa shape index (κ2) is 34.2. The lowest BCUT2D eigenvalue weighted by Gasteiger charge is -2.18. The third kappa shape index (κ3) is 34.0. The predicted octanol–water partition coefficient (Wildman–Crippen LogP) is 11.5. The van der Waals surface area contributed by atoms with Crippen LogP contribution in [-0.2, 0) is 32.9 Å². The van der Waals surface area contributed by atoms with Crippen molar-refractivity contribution in [1.82, 2.24) is 0 Å². The fourth-order valence-electron chi connectivity index (χ4n) is 5.72. The zero-order chi connectivity index (χ0) is 38.7. The van der Waals surface area contributed by atoms with Gasteiger partial charge in [0.25, 0.3) is 0 Å². The Bertz CT molecular complexity index is 1110. The van der Waals surface area contributed by atoms with Gasteiger partial charge >= 0.3 is 19.8 Å². The standard InChI is InChI=1S/C43H73O9P/c1-3-5-7-9-11-13-15-17-18-19-20-21-23-25-27-29-31-35-43(45)51-39(38-50-53(46,47)48)37-49-42(44)36-32-34-41-40(52-41)33-30-28-26-24-22-16-14-12-10-8-6-4-2/h11-14,17-18,22,24,28,30,39-41H,3-10,15-16,19-21,23,25-27,29,31-38H2,1-2H3,(H2,46,47,48)/b13-11-,14-12-,18-17-,24-22-,30-28-/t39-,40?,41?/m1/s1. The van der Waals surface area contributed by atoms with E-state index in [1.165, 1.54) is 64.2 Å². The van der Waals surface area contributed by atoms with Crippen LogP contribution >= 0.6 is 7.82 Å². The summed E-state index contributed by atoms with van der Waals surface area (Å²) in [5.74, 6) is -0.974. The first-order valence-electron chi connectivity index (χ1n) is 20.7. The number of esters is 2. The molecule has 0 spiro atoms. The summed E-state index contributed by atoms with van der Waals surface area (Å²) in [5.41, 5.74) is 0. The van der Waals surface area contributed by atoms with E-state index in [2.05, 4.69) is 79.1 Å². The molecule has 1 fully saturated rings. The number of epoxide rings is 1.